The maximum atomic E-state index is 6.14. The summed E-state index contributed by atoms with van der Waals surface area (Å²) in [7, 11) is 0. The van der Waals surface area contributed by atoms with Crippen LogP contribution in [0.3, 0.4) is 0 Å². The number of hydrogen-bond donors (Lipinski definition) is 2. The summed E-state index contributed by atoms with van der Waals surface area (Å²) in [6.45, 7) is 1.49. The van der Waals surface area contributed by atoms with Gasteiger partial charge in [-0.1, -0.05) is 112 Å². The fourth-order valence-electron chi connectivity index (χ4n) is 7.94. The van der Waals surface area contributed by atoms with Crippen LogP contribution in [0.25, 0.3) is 66.6 Å². The van der Waals surface area contributed by atoms with Crippen LogP contribution < -0.4 is 20.9 Å². The minimum absolute atomic E-state index is 0.738. The highest BCUT2D eigenvalue weighted by Gasteiger charge is 2.12. The van der Waals surface area contributed by atoms with Crippen molar-refractivity contribution in [3.05, 3.63) is 158 Å². The van der Waals surface area contributed by atoms with Crippen molar-refractivity contribution in [3.8, 4) is 56.3 Å². The third kappa shape index (κ3) is 10.3. The summed E-state index contributed by atoms with van der Waals surface area (Å²) in [4.78, 5) is 9.94. The first-order chi connectivity index (χ1) is 29.6. The number of benzene rings is 6. The van der Waals surface area contributed by atoms with Crippen molar-refractivity contribution < 1.29 is 9.47 Å². The van der Waals surface area contributed by atoms with Crippen LogP contribution in [0.15, 0.2) is 158 Å². The van der Waals surface area contributed by atoms with E-state index in [4.69, 9.17) is 30.9 Å². The highest BCUT2D eigenvalue weighted by atomic mass is 16.5. The number of unbranched alkanes of at least 4 members (excludes halogenated alkanes) is 9. The molecule has 4 N–H and O–H groups in total. The topological polar surface area (TPSA) is 96.3 Å². The minimum Gasteiger partial charge on any atom is -0.494 e. The zero-order chi connectivity index (χ0) is 40.9. The van der Waals surface area contributed by atoms with E-state index in [0.717, 1.165) is 116 Å². The van der Waals surface area contributed by atoms with Crippen molar-refractivity contribution in [2.45, 2.75) is 64.2 Å². The lowest BCUT2D eigenvalue weighted by molar-refractivity contribution is 0.303. The van der Waals surface area contributed by atoms with Gasteiger partial charge in [0.05, 0.1) is 35.6 Å². The average Bonchev–Trinajstić information content (AvgIpc) is 3.29. The number of ether oxygens (including phenoxy) is 2. The summed E-state index contributed by atoms with van der Waals surface area (Å²) in [6.07, 6.45) is 12.3. The predicted molar refractivity (Wildman–Crippen MR) is 251 cm³/mol. The lowest BCUT2D eigenvalue weighted by atomic mass is 9.98. The Kier molecular flexibility index (Phi) is 13.3. The molecule has 6 nitrogen and oxygen atoms in total. The molecule has 0 saturated heterocycles. The molecule has 8 rings (SSSR count). The van der Waals surface area contributed by atoms with E-state index in [2.05, 4.69) is 109 Å². The number of nitrogens with two attached hydrogens (primary N) is 2. The number of nitrogen functional groups attached to an aromatic ring is 2. The molecule has 2 heterocycles. The number of hydrogen-bond acceptors (Lipinski definition) is 6. The van der Waals surface area contributed by atoms with E-state index >= 15 is 0 Å². The summed E-state index contributed by atoms with van der Waals surface area (Å²) in [5.41, 5.74) is 24.2. The fourth-order valence-corrected chi connectivity index (χ4v) is 7.94. The van der Waals surface area contributed by atoms with E-state index in [1.165, 1.54) is 51.4 Å². The lowest BCUT2D eigenvalue weighted by Crippen LogP contribution is -1.98. The molecule has 0 radical (unpaired) electrons. The van der Waals surface area contributed by atoms with Crippen LogP contribution in [0.5, 0.6) is 11.5 Å². The van der Waals surface area contributed by atoms with Crippen molar-refractivity contribution >= 4 is 33.2 Å². The molecule has 60 heavy (non-hydrogen) atoms. The molecule has 302 valence electrons. The Morgan fingerprint density at radius 2 is 0.717 bits per heavy atom. The normalized spacial score (nSPS) is 11.3. The van der Waals surface area contributed by atoms with Crippen molar-refractivity contribution in [2.75, 3.05) is 24.7 Å². The first-order valence-electron chi connectivity index (χ1n) is 21.6. The molecule has 0 unspecified atom stereocenters. The highest BCUT2D eigenvalue weighted by molar-refractivity contribution is 5.99. The second-order valence-electron chi connectivity index (χ2n) is 15.7. The summed E-state index contributed by atoms with van der Waals surface area (Å²) >= 11 is 0. The molecule has 0 aliphatic carbocycles. The van der Waals surface area contributed by atoms with Gasteiger partial charge in [0.2, 0.25) is 0 Å². The Labute approximate surface area is 354 Å². The molecule has 0 atom stereocenters. The van der Waals surface area contributed by atoms with Gasteiger partial charge in [-0.05, 0) is 132 Å². The molecule has 0 aliphatic heterocycles. The van der Waals surface area contributed by atoms with Crippen molar-refractivity contribution in [3.63, 3.8) is 0 Å². The summed E-state index contributed by atoms with van der Waals surface area (Å²) in [5.74, 6) is 1.80. The van der Waals surface area contributed by atoms with Crippen molar-refractivity contribution in [1.29, 1.82) is 0 Å². The van der Waals surface area contributed by atoms with Gasteiger partial charge in [0, 0.05) is 33.3 Å². The molecule has 6 aromatic carbocycles. The van der Waals surface area contributed by atoms with Gasteiger partial charge in [-0.3, -0.25) is 0 Å². The summed E-state index contributed by atoms with van der Waals surface area (Å²) in [5, 5.41) is 2.12. The van der Waals surface area contributed by atoms with E-state index in [0.29, 0.717) is 0 Å². The number of nitrogens with zero attached hydrogens (tertiary/aromatic N) is 2. The number of aromatic nitrogens is 2. The molecule has 8 aromatic rings. The van der Waals surface area contributed by atoms with E-state index in [1.54, 1.807) is 0 Å². The summed E-state index contributed by atoms with van der Waals surface area (Å²) in [6, 6.07) is 53.7. The van der Waals surface area contributed by atoms with E-state index < -0.39 is 0 Å². The molecule has 0 fully saturated rings. The lowest BCUT2D eigenvalue weighted by Gasteiger charge is -2.12. The molecule has 0 aliphatic rings. The Morgan fingerprint density at radius 3 is 1.10 bits per heavy atom. The van der Waals surface area contributed by atoms with Gasteiger partial charge in [-0.2, -0.15) is 0 Å². The fraction of sp³-hybridized carbons (Fsp3) is 0.222. The van der Waals surface area contributed by atoms with E-state index in [9.17, 15) is 0 Å². The zero-order valence-corrected chi connectivity index (χ0v) is 34.4. The standard InChI is InChI=1S/C54H54N4O2/c55-43-25-31-51-49(35-43)47(39-17-11-9-12-18-39)37-53(57-51)41-21-27-45(28-22-41)59-33-15-7-5-3-1-2-4-6-8-16-34-60-46-29-23-42(24-30-46)54-38-48(40-19-13-10-14-20-40)50-36-44(56)26-32-52(50)58-54/h9-14,17-32,35-38H,1-8,15-16,33-34,55-56H2. The number of fused-ring (bicyclic) bond motifs is 2. The SMILES string of the molecule is Nc1ccc2nc(-c3ccc(OCCCCCCCCCCCCOc4ccc(-c5cc(-c6ccccc6)c6cc(N)ccc6n5)cc4)cc3)cc(-c3ccccc3)c2c1. The molecule has 6 heteroatoms. The van der Waals surface area contributed by atoms with Crippen LogP contribution in [0.4, 0.5) is 11.4 Å². The van der Waals surface area contributed by atoms with Crippen LogP contribution >= 0.6 is 0 Å². The van der Waals surface area contributed by atoms with Gasteiger partial charge in [-0.15, -0.1) is 0 Å². The molecule has 0 saturated carbocycles. The second kappa shape index (κ2) is 19.9. The van der Waals surface area contributed by atoms with Gasteiger partial charge in [0.15, 0.2) is 0 Å². The largest absolute Gasteiger partial charge is 0.494 e. The van der Waals surface area contributed by atoms with Gasteiger partial charge in [0.25, 0.3) is 0 Å². The highest BCUT2D eigenvalue weighted by Crippen LogP contribution is 2.35. The Hall–Kier alpha value is -6.66. The Bertz CT molecular complexity index is 2430. The van der Waals surface area contributed by atoms with Gasteiger partial charge in [-0.25, -0.2) is 9.97 Å². The smallest absolute Gasteiger partial charge is 0.119 e. The quantitative estimate of drug-likeness (QED) is 0.0625. The monoisotopic (exact) mass is 790 g/mol. The molecule has 0 amide bonds. The van der Waals surface area contributed by atoms with Gasteiger partial charge < -0.3 is 20.9 Å². The second-order valence-corrected chi connectivity index (χ2v) is 15.7. The molecule has 0 spiro atoms. The minimum atomic E-state index is 0.738. The molecular formula is C54H54N4O2. The van der Waals surface area contributed by atoms with Crippen LogP contribution in [-0.2, 0) is 0 Å². The molecule has 0 bridgehead atoms. The summed E-state index contributed by atoms with van der Waals surface area (Å²) < 4.78 is 12.2. The van der Waals surface area contributed by atoms with Crippen LogP contribution in [0.2, 0.25) is 0 Å². The Balaban J connectivity index is 0.690. The van der Waals surface area contributed by atoms with E-state index in [-0.39, 0.29) is 0 Å². The maximum absolute atomic E-state index is 6.14. The van der Waals surface area contributed by atoms with Gasteiger partial charge in [0.1, 0.15) is 11.5 Å². The third-order valence-electron chi connectivity index (χ3n) is 11.2. The maximum Gasteiger partial charge on any atom is 0.119 e. The van der Waals surface area contributed by atoms with Crippen LogP contribution in [-0.4, -0.2) is 23.2 Å². The van der Waals surface area contributed by atoms with Gasteiger partial charge >= 0.3 is 0 Å². The van der Waals surface area contributed by atoms with Crippen LogP contribution in [0.1, 0.15) is 64.2 Å². The number of pyridine rings is 2. The van der Waals surface area contributed by atoms with Crippen molar-refractivity contribution in [1.82, 2.24) is 9.97 Å². The predicted octanol–water partition coefficient (Wildman–Crippen LogP) is 14.0. The average molecular weight is 791 g/mol. The zero-order valence-electron chi connectivity index (χ0n) is 34.4. The number of rotatable bonds is 19. The third-order valence-corrected chi connectivity index (χ3v) is 11.2. The van der Waals surface area contributed by atoms with Crippen molar-refractivity contribution in [2.24, 2.45) is 0 Å². The Morgan fingerprint density at radius 1 is 0.350 bits per heavy atom. The molecule has 2 aromatic heterocycles. The van der Waals surface area contributed by atoms with Crippen LogP contribution in [0, 0.1) is 0 Å². The van der Waals surface area contributed by atoms with E-state index in [1.807, 2.05) is 48.5 Å². The molecular weight excluding hydrogens is 737 g/mol. The number of anilines is 2. The first-order valence-corrected chi connectivity index (χ1v) is 21.6. The first kappa shape index (κ1) is 40.1.